The van der Waals surface area contributed by atoms with Gasteiger partial charge in [-0.2, -0.15) is 0 Å². The van der Waals surface area contributed by atoms with E-state index in [0.29, 0.717) is 5.56 Å². The number of hydrogen-bond donors (Lipinski definition) is 1. The third-order valence-corrected chi connectivity index (χ3v) is 4.22. The highest BCUT2D eigenvalue weighted by Gasteiger charge is 2.37. The molecule has 2 aromatic rings. The van der Waals surface area contributed by atoms with Crippen LogP contribution < -0.4 is 5.32 Å². The van der Waals surface area contributed by atoms with Crippen LogP contribution in [-0.2, 0) is 5.54 Å². The lowest BCUT2D eigenvalue weighted by atomic mass is 9.88. The average molecular weight is 283 g/mol. The number of halogens is 1. The molecular formula is C18H18FNO. The van der Waals surface area contributed by atoms with Crippen molar-refractivity contribution in [2.45, 2.75) is 31.2 Å². The Morgan fingerprint density at radius 2 is 1.71 bits per heavy atom. The molecule has 1 fully saturated rings. The molecular weight excluding hydrogens is 265 g/mol. The van der Waals surface area contributed by atoms with E-state index in [1.807, 2.05) is 18.2 Å². The minimum Gasteiger partial charge on any atom is -0.343 e. The normalized spacial score (nSPS) is 16.6. The maximum atomic E-state index is 13.3. The van der Waals surface area contributed by atoms with Crippen molar-refractivity contribution in [3.05, 3.63) is 71.5 Å². The fourth-order valence-corrected chi connectivity index (χ4v) is 3.14. The average Bonchev–Trinajstić information content (AvgIpc) is 2.98. The Kier molecular flexibility index (Phi) is 3.74. The van der Waals surface area contributed by atoms with Crippen LogP contribution in [0.5, 0.6) is 0 Å². The molecule has 0 aliphatic heterocycles. The Labute approximate surface area is 124 Å². The molecule has 1 amide bonds. The molecule has 0 spiro atoms. The number of carbonyl (C=O) groups is 1. The van der Waals surface area contributed by atoms with Crippen molar-refractivity contribution in [3.8, 4) is 0 Å². The van der Waals surface area contributed by atoms with Crippen molar-refractivity contribution in [1.82, 2.24) is 5.32 Å². The van der Waals surface area contributed by atoms with Crippen molar-refractivity contribution in [2.75, 3.05) is 0 Å². The van der Waals surface area contributed by atoms with Gasteiger partial charge in [0.2, 0.25) is 0 Å². The van der Waals surface area contributed by atoms with Gasteiger partial charge in [-0.1, -0.05) is 49.2 Å². The van der Waals surface area contributed by atoms with Gasteiger partial charge in [0.15, 0.2) is 0 Å². The summed E-state index contributed by atoms with van der Waals surface area (Å²) in [6.07, 6.45) is 4.05. The molecule has 0 radical (unpaired) electrons. The number of carbonyl (C=O) groups excluding carboxylic acids is 1. The molecule has 1 N–H and O–H groups in total. The van der Waals surface area contributed by atoms with Gasteiger partial charge in [-0.3, -0.25) is 4.79 Å². The number of benzene rings is 2. The molecule has 108 valence electrons. The Hall–Kier alpha value is -2.16. The molecule has 2 nitrogen and oxygen atoms in total. The van der Waals surface area contributed by atoms with Gasteiger partial charge in [-0.25, -0.2) is 4.39 Å². The number of rotatable bonds is 3. The second-order valence-corrected chi connectivity index (χ2v) is 5.62. The van der Waals surface area contributed by atoms with Gasteiger partial charge in [0.25, 0.3) is 5.91 Å². The summed E-state index contributed by atoms with van der Waals surface area (Å²) < 4.78 is 13.3. The van der Waals surface area contributed by atoms with Crippen LogP contribution >= 0.6 is 0 Å². The molecule has 21 heavy (non-hydrogen) atoms. The Morgan fingerprint density at radius 1 is 1.00 bits per heavy atom. The number of amides is 1. The third-order valence-electron chi connectivity index (χ3n) is 4.22. The van der Waals surface area contributed by atoms with E-state index in [-0.39, 0.29) is 17.3 Å². The Bertz CT molecular complexity index is 633. The molecule has 2 aromatic carbocycles. The van der Waals surface area contributed by atoms with Gasteiger partial charge in [0.05, 0.1) is 5.54 Å². The second-order valence-electron chi connectivity index (χ2n) is 5.62. The summed E-state index contributed by atoms with van der Waals surface area (Å²) in [5, 5.41) is 3.15. The first-order chi connectivity index (χ1) is 10.2. The van der Waals surface area contributed by atoms with Crippen LogP contribution in [0, 0.1) is 5.82 Å². The predicted molar refractivity (Wildman–Crippen MR) is 80.5 cm³/mol. The summed E-state index contributed by atoms with van der Waals surface area (Å²) in [6.45, 7) is 0. The van der Waals surface area contributed by atoms with E-state index in [0.717, 1.165) is 31.2 Å². The van der Waals surface area contributed by atoms with E-state index >= 15 is 0 Å². The minimum absolute atomic E-state index is 0.208. The summed E-state index contributed by atoms with van der Waals surface area (Å²) in [6, 6.07) is 15.9. The molecule has 0 saturated heterocycles. The largest absolute Gasteiger partial charge is 0.343 e. The molecule has 3 rings (SSSR count). The van der Waals surface area contributed by atoms with Crippen molar-refractivity contribution < 1.29 is 9.18 Å². The van der Waals surface area contributed by atoms with E-state index < -0.39 is 0 Å². The third kappa shape index (κ3) is 2.82. The Balaban J connectivity index is 1.88. The lowest BCUT2D eigenvalue weighted by Crippen LogP contribution is -2.43. The lowest BCUT2D eigenvalue weighted by molar-refractivity contribution is 0.0897. The second kappa shape index (κ2) is 5.68. The zero-order valence-corrected chi connectivity index (χ0v) is 11.8. The standard InChI is InChI=1S/C18H18FNO/c19-16-10-6-7-14(13-16)17(21)20-18(11-4-5-12-18)15-8-2-1-3-9-15/h1-3,6-10,13H,4-5,11-12H2,(H,20,21). The molecule has 3 heteroatoms. The van der Waals surface area contributed by atoms with Gasteiger partial charge in [0.1, 0.15) is 5.82 Å². The Morgan fingerprint density at radius 3 is 2.38 bits per heavy atom. The first kappa shape index (κ1) is 13.8. The van der Waals surface area contributed by atoms with Crippen LogP contribution in [0.3, 0.4) is 0 Å². The van der Waals surface area contributed by atoms with E-state index in [2.05, 4.69) is 17.4 Å². The molecule has 1 aliphatic carbocycles. The molecule has 0 aromatic heterocycles. The van der Waals surface area contributed by atoms with Crippen LogP contribution in [0.15, 0.2) is 54.6 Å². The SMILES string of the molecule is O=C(NC1(c2ccccc2)CCCC1)c1cccc(F)c1. The van der Waals surface area contributed by atoms with Gasteiger partial charge in [0, 0.05) is 5.56 Å². The molecule has 0 unspecified atom stereocenters. The molecule has 1 saturated carbocycles. The number of nitrogens with one attached hydrogen (secondary N) is 1. The quantitative estimate of drug-likeness (QED) is 0.905. The topological polar surface area (TPSA) is 29.1 Å². The molecule has 0 atom stereocenters. The van der Waals surface area contributed by atoms with Crippen LogP contribution in [0.1, 0.15) is 41.6 Å². The first-order valence-corrected chi connectivity index (χ1v) is 7.33. The predicted octanol–water partition coefficient (Wildman–Crippen LogP) is 4.03. The molecule has 0 heterocycles. The van der Waals surface area contributed by atoms with Gasteiger partial charge >= 0.3 is 0 Å². The van der Waals surface area contributed by atoms with E-state index in [1.54, 1.807) is 12.1 Å². The zero-order chi connectivity index (χ0) is 14.7. The highest BCUT2D eigenvalue weighted by molar-refractivity contribution is 5.94. The van der Waals surface area contributed by atoms with Crippen molar-refractivity contribution in [3.63, 3.8) is 0 Å². The minimum atomic E-state index is -0.386. The van der Waals surface area contributed by atoms with Crippen molar-refractivity contribution >= 4 is 5.91 Å². The first-order valence-electron chi connectivity index (χ1n) is 7.33. The van der Waals surface area contributed by atoms with E-state index in [9.17, 15) is 9.18 Å². The van der Waals surface area contributed by atoms with Crippen LogP contribution in [0.2, 0.25) is 0 Å². The van der Waals surface area contributed by atoms with E-state index in [4.69, 9.17) is 0 Å². The van der Waals surface area contributed by atoms with Crippen LogP contribution in [-0.4, -0.2) is 5.91 Å². The van der Waals surface area contributed by atoms with Gasteiger partial charge in [-0.15, -0.1) is 0 Å². The zero-order valence-electron chi connectivity index (χ0n) is 11.8. The fourth-order valence-electron chi connectivity index (χ4n) is 3.14. The summed E-state index contributed by atoms with van der Waals surface area (Å²) >= 11 is 0. The van der Waals surface area contributed by atoms with Crippen molar-refractivity contribution in [2.24, 2.45) is 0 Å². The molecule has 0 bridgehead atoms. The maximum Gasteiger partial charge on any atom is 0.252 e. The van der Waals surface area contributed by atoms with Crippen LogP contribution in [0.4, 0.5) is 4.39 Å². The highest BCUT2D eigenvalue weighted by atomic mass is 19.1. The van der Waals surface area contributed by atoms with Crippen LogP contribution in [0.25, 0.3) is 0 Å². The van der Waals surface area contributed by atoms with E-state index in [1.165, 1.54) is 12.1 Å². The summed E-state index contributed by atoms with van der Waals surface area (Å²) in [7, 11) is 0. The van der Waals surface area contributed by atoms with Gasteiger partial charge in [-0.05, 0) is 36.6 Å². The summed E-state index contributed by atoms with van der Waals surface area (Å²) in [5.41, 5.74) is 1.19. The smallest absolute Gasteiger partial charge is 0.252 e. The number of hydrogen-bond acceptors (Lipinski definition) is 1. The van der Waals surface area contributed by atoms with Crippen molar-refractivity contribution in [1.29, 1.82) is 0 Å². The fraction of sp³-hybridized carbons (Fsp3) is 0.278. The maximum absolute atomic E-state index is 13.3. The monoisotopic (exact) mass is 283 g/mol. The van der Waals surface area contributed by atoms with Gasteiger partial charge < -0.3 is 5.32 Å². The summed E-state index contributed by atoms with van der Waals surface area (Å²) in [5.74, 6) is -0.594. The molecule has 1 aliphatic rings. The lowest BCUT2D eigenvalue weighted by Gasteiger charge is -2.31. The highest BCUT2D eigenvalue weighted by Crippen LogP contribution is 2.38. The summed E-state index contributed by atoms with van der Waals surface area (Å²) in [4.78, 5) is 12.5.